The normalized spacial score (nSPS) is 17.9. The highest BCUT2D eigenvalue weighted by Gasteiger charge is 2.36. The number of nitrogens with one attached hydrogen (secondary N) is 1. The number of carbonyl (C=O) groups excluding carboxylic acids is 2. The summed E-state index contributed by atoms with van der Waals surface area (Å²) in [7, 11) is 0. The van der Waals surface area contributed by atoms with Gasteiger partial charge in [0.15, 0.2) is 0 Å². The second-order valence-corrected chi connectivity index (χ2v) is 9.38. The van der Waals surface area contributed by atoms with Crippen LogP contribution in [-0.4, -0.2) is 41.3 Å². The summed E-state index contributed by atoms with van der Waals surface area (Å²) >= 11 is 0. The van der Waals surface area contributed by atoms with Crippen molar-refractivity contribution in [1.82, 2.24) is 10.3 Å². The second kappa shape index (κ2) is 8.41. The van der Waals surface area contributed by atoms with Gasteiger partial charge in [0.25, 0.3) is 5.91 Å². The zero-order valence-electron chi connectivity index (χ0n) is 18.8. The lowest BCUT2D eigenvalue weighted by Crippen LogP contribution is -2.47. The fourth-order valence-electron chi connectivity index (χ4n) is 3.54. The van der Waals surface area contributed by atoms with E-state index in [0.717, 1.165) is 18.4 Å². The van der Waals surface area contributed by atoms with Crippen molar-refractivity contribution in [3.05, 3.63) is 53.0 Å². The molecule has 7 nitrogen and oxygen atoms in total. The van der Waals surface area contributed by atoms with Crippen molar-refractivity contribution in [2.24, 2.45) is 0 Å². The summed E-state index contributed by atoms with van der Waals surface area (Å²) in [5.41, 5.74) is 1.49. The minimum absolute atomic E-state index is 0.165. The molecule has 170 valence electrons. The number of anilines is 1. The lowest BCUT2D eigenvalue weighted by molar-refractivity contribution is 0.0546. The predicted molar refractivity (Wildman–Crippen MR) is 118 cm³/mol. The first-order chi connectivity index (χ1) is 15.1. The van der Waals surface area contributed by atoms with Gasteiger partial charge in [-0.15, -0.1) is 0 Å². The van der Waals surface area contributed by atoms with Crippen molar-refractivity contribution in [2.45, 2.75) is 64.6 Å². The molecule has 2 heterocycles. The molecule has 1 saturated carbocycles. The predicted octanol–water partition coefficient (Wildman–Crippen LogP) is 4.23. The molecular formula is C24H28FN3O4. The van der Waals surface area contributed by atoms with E-state index < -0.39 is 11.7 Å². The molecule has 0 saturated heterocycles. The SMILES string of the molecule is C[C@H]1COc2nc(C(=O)NC3CC3)c(Cc3ccc(F)cc3)cc2N1C(=O)OC(C)(C)C. The molecule has 2 aliphatic rings. The molecule has 0 bridgehead atoms. The number of benzene rings is 1. The summed E-state index contributed by atoms with van der Waals surface area (Å²) in [4.78, 5) is 31.9. The van der Waals surface area contributed by atoms with Gasteiger partial charge in [0.1, 0.15) is 29.4 Å². The number of ether oxygens (including phenoxy) is 2. The molecule has 4 rings (SSSR count). The van der Waals surface area contributed by atoms with Gasteiger partial charge in [-0.3, -0.25) is 9.69 Å². The average Bonchev–Trinajstić information content (AvgIpc) is 3.51. The smallest absolute Gasteiger partial charge is 0.415 e. The van der Waals surface area contributed by atoms with Crippen LogP contribution in [0.15, 0.2) is 30.3 Å². The largest absolute Gasteiger partial charge is 0.474 e. The Bertz CT molecular complexity index is 1030. The van der Waals surface area contributed by atoms with E-state index in [1.165, 1.54) is 17.0 Å². The molecule has 1 fully saturated rings. The van der Waals surface area contributed by atoms with Gasteiger partial charge in [-0.2, -0.15) is 0 Å². The van der Waals surface area contributed by atoms with Crippen LogP contribution in [0, 0.1) is 5.82 Å². The minimum Gasteiger partial charge on any atom is -0.474 e. The third-order valence-electron chi connectivity index (χ3n) is 5.23. The van der Waals surface area contributed by atoms with Gasteiger partial charge in [-0.25, -0.2) is 14.2 Å². The molecule has 0 unspecified atom stereocenters. The molecule has 1 aromatic carbocycles. The molecule has 0 radical (unpaired) electrons. The Kier molecular flexibility index (Phi) is 5.79. The molecule has 1 N–H and O–H groups in total. The monoisotopic (exact) mass is 441 g/mol. The van der Waals surface area contributed by atoms with E-state index in [2.05, 4.69) is 10.3 Å². The standard InChI is InChI=1S/C24H28FN3O4/c1-14-13-31-22-19(28(14)23(30)32-24(2,3)4)12-16(11-15-5-7-17(25)8-6-15)20(27-22)21(29)26-18-9-10-18/h5-8,12,14,18H,9-11,13H2,1-4H3,(H,26,29)/t14-/m0/s1. The van der Waals surface area contributed by atoms with Crippen LogP contribution in [0.4, 0.5) is 14.9 Å². The zero-order chi connectivity index (χ0) is 23.0. The number of pyridine rings is 1. The molecule has 1 aliphatic heterocycles. The number of nitrogens with zero attached hydrogens (tertiary/aromatic N) is 2. The van der Waals surface area contributed by atoms with Gasteiger partial charge in [0.05, 0.1) is 6.04 Å². The summed E-state index contributed by atoms with van der Waals surface area (Å²) in [6.45, 7) is 7.52. The second-order valence-electron chi connectivity index (χ2n) is 9.38. The quantitative estimate of drug-likeness (QED) is 0.768. The maximum Gasteiger partial charge on any atom is 0.415 e. The number of hydrogen-bond acceptors (Lipinski definition) is 5. The molecule has 8 heteroatoms. The Morgan fingerprint density at radius 1 is 1.25 bits per heavy atom. The maximum absolute atomic E-state index is 13.4. The van der Waals surface area contributed by atoms with Crippen molar-refractivity contribution in [2.75, 3.05) is 11.5 Å². The van der Waals surface area contributed by atoms with Gasteiger partial charge >= 0.3 is 6.09 Å². The third kappa shape index (κ3) is 5.00. The molecular weight excluding hydrogens is 413 g/mol. The number of halogens is 1. The highest BCUT2D eigenvalue weighted by Crippen LogP contribution is 2.36. The Balaban J connectivity index is 1.74. The number of amides is 2. The summed E-state index contributed by atoms with van der Waals surface area (Å²) in [6.07, 6.45) is 1.75. The zero-order valence-corrected chi connectivity index (χ0v) is 18.8. The Morgan fingerprint density at radius 2 is 1.94 bits per heavy atom. The summed E-state index contributed by atoms with van der Waals surface area (Å²) in [6, 6.07) is 7.74. The fraction of sp³-hybridized carbons (Fsp3) is 0.458. The van der Waals surface area contributed by atoms with Crippen LogP contribution in [0.3, 0.4) is 0 Å². The minimum atomic E-state index is -0.663. The first-order valence-corrected chi connectivity index (χ1v) is 10.8. The van der Waals surface area contributed by atoms with Crippen molar-refractivity contribution >= 4 is 17.7 Å². The van der Waals surface area contributed by atoms with Crippen LogP contribution in [0.5, 0.6) is 5.88 Å². The number of aromatic nitrogens is 1. The van der Waals surface area contributed by atoms with Crippen LogP contribution in [0.1, 0.15) is 62.2 Å². The lowest BCUT2D eigenvalue weighted by Gasteiger charge is -2.36. The third-order valence-corrected chi connectivity index (χ3v) is 5.23. The molecule has 2 amide bonds. The molecule has 32 heavy (non-hydrogen) atoms. The van der Waals surface area contributed by atoms with E-state index in [4.69, 9.17) is 9.47 Å². The first-order valence-electron chi connectivity index (χ1n) is 10.8. The van der Waals surface area contributed by atoms with E-state index in [0.29, 0.717) is 17.7 Å². The van der Waals surface area contributed by atoms with Crippen molar-refractivity contribution in [1.29, 1.82) is 0 Å². The Morgan fingerprint density at radius 3 is 2.56 bits per heavy atom. The van der Waals surface area contributed by atoms with Crippen LogP contribution in [0.2, 0.25) is 0 Å². The topological polar surface area (TPSA) is 80.8 Å². The van der Waals surface area contributed by atoms with Gasteiger partial charge < -0.3 is 14.8 Å². The lowest BCUT2D eigenvalue weighted by atomic mass is 10.0. The van der Waals surface area contributed by atoms with Gasteiger partial charge in [-0.1, -0.05) is 12.1 Å². The fourth-order valence-corrected chi connectivity index (χ4v) is 3.54. The van der Waals surface area contributed by atoms with Crippen molar-refractivity contribution in [3.63, 3.8) is 0 Å². The molecule has 1 atom stereocenters. The number of fused-ring (bicyclic) bond motifs is 1. The van der Waals surface area contributed by atoms with Gasteiger partial charge in [0, 0.05) is 6.04 Å². The van der Waals surface area contributed by atoms with Crippen LogP contribution < -0.4 is 15.0 Å². The van der Waals surface area contributed by atoms with E-state index in [1.54, 1.807) is 39.0 Å². The van der Waals surface area contributed by atoms with Crippen LogP contribution in [0.25, 0.3) is 0 Å². The summed E-state index contributed by atoms with van der Waals surface area (Å²) < 4.78 is 24.8. The van der Waals surface area contributed by atoms with Gasteiger partial charge in [0.2, 0.25) is 5.88 Å². The maximum atomic E-state index is 13.4. The number of hydrogen-bond donors (Lipinski definition) is 1. The first kappa shape index (κ1) is 22.0. The van der Waals surface area contributed by atoms with Crippen LogP contribution in [-0.2, 0) is 11.2 Å². The van der Waals surface area contributed by atoms with Crippen molar-refractivity contribution in [3.8, 4) is 5.88 Å². The number of carbonyl (C=O) groups is 2. The van der Waals surface area contributed by atoms with Gasteiger partial charge in [-0.05, 0) is 76.3 Å². The molecule has 2 aromatic rings. The Labute approximate surface area is 186 Å². The van der Waals surface area contributed by atoms with Crippen LogP contribution >= 0.6 is 0 Å². The Hall–Kier alpha value is -3.16. The highest BCUT2D eigenvalue weighted by molar-refractivity contribution is 5.97. The van der Waals surface area contributed by atoms with E-state index in [-0.39, 0.29) is 42.0 Å². The highest BCUT2D eigenvalue weighted by atomic mass is 19.1. The summed E-state index contributed by atoms with van der Waals surface area (Å²) in [5, 5.41) is 2.96. The van der Waals surface area contributed by atoms with E-state index in [9.17, 15) is 14.0 Å². The summed E-state index contributed by atoms with van der Waals surface area (Å²) in [5.74, 6) is -0.390. The van der Waals surface area contributed by atoms with E-state index in [1.807, 2.05) is 6.92 Å². The molecule has 1 aromatic heterocycles. The average molecular weight is 442 g/mol. The molecule has 0 spiro atoms. The van der Waals surface area contributed by atoms with E-state index >= 15 is 0 Å². The molecule has 1 aliphatic carbocycles. The van der Waals surface area contributed by atoms with Crippen molar-refractivity contribution < 1.29 is 23.5 Å². The number of rotatable bonds is 4.